The number of fused-ring (bicyclic) bond motifs is 1. The molecule has 1 unspecified atom stereocenters. The van der Waals surface area contributed by atoms with Crippen molar-refractivity contribution < 1.29 is 14.3 Å². The number of nitrogens with zero attached hydrogens (tertiary/aromatic N) is 2. The van der Waals surface area contributed by atoms with Gasteiger partial charge in [0.2, 0.25) is 5.91 Å². The average molecular weight is 488 g/mol. The number of hydrogen-bond acceptors (Lipinski definition) is 7. The second kappa shape index (κ2) is 9.94. The Morgan fingerprint density at radius 1 is 1.25 bits per heavy atom. The quantitative estimate of drug-likeness (QED) is 0.562. The number of nitrogens with one attached hydrogen (secondary N) is 1. The van der Waals surface area contributed by atoms with Crippen molar-refractivity contribution in [3.8, 4) is 0 Å². The van der Waals surface area contributed by atoms with Gasteiger partial charge >= 0.3 is 5.97 Å². The summed E-state index contributed by atoms with van der Waals surface area (Å²) in [6, 6.07) is 10.9. The van der Waals surface area contributed by atoms with Gasteiger partial charge in [0.1, 0.15) is 0 Å². The average Bonchev–Trinajstić information content (AvgIpc) is 3.43. The second-order valence-corrected chi connectivity index (χ2v) is 9.54. The molecule has 1 aromatic carbocycles. The molecular weight excluding hydrogens is 466 g/mol. The Bertz CT molecular complexity index is 1130. The first-order valence-corrected chi connectivity index (χ1v) is 12.2. The number of methoxy groups -OCH3 is 1. The highest BCUT2D eigenvalue weighted by Crippen LogP contribution is 2.46. The molecule has 1 atom stereocenters. The Hall–Kier alpha value is -2.55. The second-order valence-electron chi connectivity index (χ2n) is 7.26. The number of ether oxygens (including phenoxy) is 1. The molecule has 0 aliphatic carbocycles. The molecule has 0 bridgehead atoms. The van der Waals surface area contributed by atoms with Crippen LogP contribution in [0.5, 0.6) is 0 Å². The van der Waals surface area contributed by atoms with E-state index in [9.17, 15) is 9.59 Å². The minimum absolute atomic E-state index is 0.0848. The number of rotatable bonds is 7. The summed E-state index contributed by atoms with van der Waals surface area (Å²) in [6.45, 7) is 2.36. The fraction of sp³-hybridized carbons (Fsp3) is 0.261. The van der Waals surface area contributed by atoms with Crippen LogP contribution in [0.3, 0.4) is 0 Å². The van der Waals surface area contributed by atoms with Crippen LogP contribution in [0, 0.1) is 0 Å². The predicted molar refractivity (Wildman–Crippen MR) is 130 cm³/mol. The first-order chi connectivity index (χ1) is 15.5. The molecule has 3 heterocycles. The molecule has 2 aliphatic heterocycles. The van der Waals surface area contributed by atoms with Gasteiger partial charge in [0.15, 0.2) is 5.17 Å². The summed E-state index contributed by atoms with van der Waals surface area (Å²) < 4.78 is 5.06. The number of amides is 1. The van der Waals surface area contributed by atoms with Gasteiger partial charge in [0, 0.05) is 22.1 Å². The number of carbonyl (C=O) groups is 2. The molecule has 2 aromatic rings. The summed E-state index contributed by atoms with van der Waals surface area (Å²) in [6.07, 6.45) is 0.967. The predicted octanol–water partition coefficient (Wildman–Crippen LogP) is 4.90. The molecule has 0 spiro atoms. The maximum atomic E-state index is 12.7. The van der Waals surface area contributed by atoms with E-state index in [4.69, 9.17) is 16.3 Å². The highest BCUT2D eigenvalue weighted by atomic mass is 35.5. The molecule has 6 nitrogen and oxygen atoms in total. The molecule has 32 heavy (non-hydrogen) atoms. The molecule has 0 fully saturated rings. The Labute approximate surface area is 200 Å². The lowest BCUT2D eigenvalue weighted by Gasteiger charge is -2.36. The van der Waals surface area contributed by atoms with Gasteiger partial charge in [0.25, 0.3) is 0 Å². The van der Waals surface area contributed by atoms with Crippen LogP contribution in [0.15, 0.2) is 69.1 Å². The molecule has 0 saturated heterocycles. The van der Waals surface area contributed by atoms with Gasteiger partial charge in [0.05, 0.1) is 30.8 Å². The zero-order valence-electron chi connectivity index (χ0n) is 17.6. The molecule has 1 amide bonds. The number of benzene rings is 1. The van der Waals surface area contributed by atoms with E-state index in [1.54, 1.807) is 24.3 Å². The van der Waals surface area contributed by atoms with Crippen molar-refractivity contribution in [1.29, 1.82) is 0 Å². The van der Waals surface area contributed by atoms with Gasteiger partial charge < -0.3 is 15.0 Å². The number of aliphatic imine (C=N–C) groups is 1. The van der Waals surface area contributed by atoms with Crippen LogP contribution in [0.1, 0.15) is 29.8 Å². The van der Waals surface area contributed by atoms with Crippen molar-refractivity contribution in [3.05, 3.63) is 79.6 Å². The van der Waals surface area contributed by atoms with Gasteiger partial charge in [-0.2, -0.15) is 0 Å². The SMILES string of the molecule is COC(=O)C1=C(C)N=C2SC=C(CC(=O)NCCc3cccs3)N2C1c1ccccc1Cl. The molecule has 0 radical (unpaired) electrons. The zero-order valence-corrected chi connectivity index (χ0v) is 20.0. The smallest absolute Gasteiger partial charge is 0.338 e. The van der Waals surface area contributed by atoms with Gasteiger partial charge in [-0.1, -0.05) is 47.6 Å². The summed E-state index contributed by atoms with van der Waals surface area (Å²) in [7, 11) is 1.35. The number of carbonyl (C=O) groups excluding carboxylic acids is 2. The van der Waals surface area contributed by atoms with E-state index in [1.165, 1.54) is 23.7 Å². The number of hydrogen-bond donors (Lipinski definition) is 1. The lowest BCUT2D eigenvalue weighted by atomic mass is 9.94. The van der Waals surface area contributed by atoms with Gasteiger partial charge in [-0.05, 0) is 41.8 Å². The number of allylic oxidation sites excluding steroid dienone is 1. The van der Waals surface area contributed by atoms with E-state index >= 15 is 0 Å². The molecule has 1 aromatic heterocycles. The minimum Gasteiger partial charge on any atom is -0.466 e. The van der Waals surface area contributed by atoms with Crippen LogP contribution >= 0.6 is 34.7 Å². The van der Waals surface area contributed by atoms with Crippen LogP contribution in [0.2, 0.25) is 5.02 Å². The third-order valence-corrected chi connectivity index (χ3v) is 7.39. The Kier molecular flexibility index (Phi) is 7.03. The monoisotopic (exact) mass is 487 g/mol. The fourth-order valence-corrected chi connectivity index (χ4v) is 5.65. The van der Waals surface area contributed by atoms with Crippen LogP contribution in [-0.4, -0.2) is 35.6 Å². The first-order valence-electron chi connectivity index (χ1n) is 10.1. The van der Waals surface area contributed by atoms with E-state index in [1.807, 2.05) is 40.0 Å². The summed E-state index contributed by atoms with van der Waals surface area (Å²) >= 11 is 9.64. The van der Waals surface area contributed by atoms with Gasteiger partial charge in [-0.3, -0.25) is 4.79 Å². The summed E-state index contributed by atoms with van der Waals surface area (Å²) in [5, 5.41) is 8.16. The van der Waals surface area contributed by atoms with E-state index in [-0.39, 0.29) is 12.3 Å². The van der Waals surface area contributed by atoms with Crippen LogP contribution < -0.4 is 5.32 Å². The molecular formula is C23H22ClN3O3S2. The zero-order chi connectivity index (χ0) is 22.7. The van der Waals surface area contributed by atoms with Crippen molar-refractivity contribution >= 4 is 51.7 Å². The van der Waals surface area contributed by atoms with Crippen molar-refractivity contribution in [2.75, 3.05) is 13.7 Å². The molecule has 9 heteroatoms. The Morgan fingerprint density at radius 2 is 2.06 bits per heavy atom. The Morgan fingerprint density at radius 3 is 2.78 bits per heavy atom. The van der Waals surface area contributed by atoms with Crippen LogP contribution in [0.25, 0.3) is 0 Å². The van der Waals surface area contributed by atoms with Gasteiger partial charge in [-0.25, -0.2) is 9.79 Å². The number of amidine groups is 1. The van der Waals surface area contributed by atoms with Crippen molar-refractivity contribution in [2.45, 2.75) is 25.8 Å². The van der Waals surface area contributed by atoms with E-state index in [0.29, 0.717) is 28.0 Å². The number of thioether (sulfide) groups is 1. The van der Waals surface area contributed by atoms with Crippen molar-refractivity contribution in [2.24, 2.45) is 4.99 Å². The third-order valence-electron chi connectivity index (χ3n) is 5.22. The number of thiophene rings is 1. The number of halogens is 1. The molecule has 1 N–H and O–H groups in total. The highest BCUT2D eigenvalue weighted by molar-refractivity contribution is 8.16. The normalized spacial score (nSPS) is 17.6. The minimum atomic E-state index is -0.524. The molecule has 4 rings (SSSR count). The largest absolute Gasteiger partial charge is 0.466 e. The van der Waals surface area contributed by atoms with Crippen LogP contribution in [-0.2, 0) is 20.7 Å². The van der Waals surface area contributed by atoms with Crippen molar-refractivity contribution in [3.63, 3.8) is 0 Å². The molecule has 2 aliphatic rings. The maximum absolute atomic E-state index is 12.7. The van der Waals surface area contributed by atoms with Gasteiger partial charge in [-0.15, -0.1) is 11.3 Å². The molecule has 166 valence electrons. The van der Waals surface area contributed by atoms with E-state index in [2.05, 4.69) is 16.4 Å². The topological polar surface area (TPSA) is 71.0 Å². The Balaban J connectivity index is 1.58. The van der Waals surface area contributed by atoms with Crippen molar-refractivity contribution in [1.82, 2.24) is 10.2 Å². The summed E-state index contributed by atoms with van der Waals surface area (Å²) in [5.74, 6) is -0.551. The van der Waals surface area contributed by atoms with E-state index in [0.717, 1.165) is 17.7 Å². The maximum Gasteiger partial charge on any atom is 0.338 e. The first kappa shape index (κ1) is 22.6. The van der Waals surface area contributed by atoms with E-state index < -0.39 is 12.0 Å². The summed E-state index contributed by atoms with van der Waals surface area (Å²) in [5.41, 5.74) is 2.51. The molecule has 0 saturated carbocycles. The highest BCUT2D eigenvalue weighted by Gasteiger charge is 2.41. The lowest BCUT2D eigenvalue weighted by Crippen LogP contribution is -2.38. The fourth-order valence-electron chi connectivity index (χ4n) is 3.74. The van der Waals surface area contributed by atoms with Crippen LogP contribution in [0.4, 0.5) is 0 Å². The lowest BCUT2D eigenvalue weighted by molar-refractivity contribution is -0.136. The summed E-state index contributed by atoms with van der Waals surface area (Å²) in [4.78, 5) is 33.2. The standard InChI is InChI=1S/C23H22ClN3O3S2/c1-14-20(22(29)30-2)21(17-7-3-4-8-18(17)24)27-15(13-32-23(27)26-14)12-19(28)25-10-9-16-6-5-11-31-16/h3-8,11,13,21H,9-10,12H2,1-2H3,(H,25,28). The number of esters is 1. The third kappa shape index (κ3) is 4.62.